The van der Waals surface area contributed by atoms with Gasteiger partial charge in [-0.2, -0.15) is 0 Å². The maximum Gasteiger partial charge on any atom is 0.227 e. The van der Waals surface area contributed by atoms with Crippen molar-refractivity contribution in [3.63, 3.8) is 0 Å². The van der Waals surface area contributed by atoms with Crippen molar-refractivity contribution in [1.82, 2.24) is 10.6 Å². The predicted molar refractivity (Wildman–Crippen MR) is 82.5 cm³/mol. The molecule has 2 atom stereocenters. The molecule has 0 radical (unpaired) electrons. The summed E-state index contributed by atoms with van der Waals surface area (Å²) in [5.74, 6) is -0.0829. The van der Waals surface area contributed by atoms with Crippen molar-refractivity contribution in [2.24, 2.45) is 5.41 Å². The summed E-state index contributed by atoms with van der Waals surface area (Å²) < 4.78 is 12.9. The molecule has 1 saturated heterocycles. The van der Waals surface area contributed by atoms with E-state index in [0.29, 0.717) is 0 Å². The van der Waals surface area contributed by atoms with Gasteiger partial charge >= 0.3 is 0 Å². The Balaban J connectivity index is 1.93. The van der Waals surface area contributed by atoms with Gasteiger partial charge in [-0.3, -0.25) is 4.79 Å². The zero-order chi connectivity index (χ0) is 15.3. The standard InChI is InChI=1S/C17H25FN2O/c1-3-17(9-4-10-19-12-17)16(21)20-13(2)11-14-5-7-15(18)8-6-14/h5-8,13,19H,3-4,9-12H2,1-2H3,(H,20,21). The number of carbonyl (C=O) groups is 1. The van der Waals surface area contributed by atoms with E-state index in [2.05, 4.69) is 17.6 Å². The zero-order valence-corrected chi connectivity index (χ0v) is 12.9. The van der Waals surface area contributed by atoms with Gasteiger partial charge in [-0.25, -0.2) is 4.39 Å². The highest BCUT2D eigenvalue weighted by Crippen LogP contribution is 2.30. The molecule has 4 heteroatoms. The summed E-state index contributed by atoms with van der Waals surface area (Å²) in [7, 11) is 0. The molecule has 2 unspecified atom stereocenters. The SMILES string of the molecule is CCC1(C(=O)NC(C)Cc2ccc(F)cc2)CCCNC1. The average Bonchev–Trinajstić information content (AvgIpc) is 2.50. The molecule has 0 aliphatic carbocycles. The van der Waals surface area contributed by atoms with Crippen LogP contribution in [0.3, 0.4) is 0 Å². The van der Waals surface area contributed by atoms with Gasteiger partial charge in [0, 0.05) is 12.6 Å². The van der Waals surface area contributed by atoms with Crippen LogP contribution in [0.25, 0.3) is 0 Å². The number of piperidine rings is 1. The quantitative estimate of drug-likeness (QED) is 0.876. The number of nitrogens with one attached hydrogen (secondary N) is 2. The molecule has 1 aliphatic heterocycles. The Hall–Kier alpha value is -1.42. The minimum Gasteiger partial charge on any atom is -0.353 e. The van der Waals surface area contributed by atoms with Crippen LogP contribution in [0.4, 0.5) is 4.39 Å². The molecule has 0 saturated carbocycles. The molecule has 1 aromatic carbocycles. The summed E-state index contributed by atoms with van der Waals surface area (Å²) in [6.07, 6.45) is 3.58. The first-order chi connectivity index (χ1) is 10.1. The van der Waals surface area contributed by atoms with Crippen LogP contribution < -0.4 is 10.6 Å². The molecule has 0 bridgehead atoms. The zero-order valence-electron chi connectivity index (χ0n) is 12.9. The largest absolute Gasteiger partial charge is 0.353 e. The lowest BCUT2D eigenvalue weighted by Crippen LogP contribution is -2.52. The van der Waals surface area contributed by atoms with Crippen LogP contribution in [0.5, 0.6) is 0 Å². The maximum absolute atomic E-state index is 12.9. The number of rotatable bonds is 5. The molecule has 1 heterocycles. The number of halogens is 1. The lowest BCUT2D eigenvalue weighted by molar-refractivity contribution is -0.133. The van der Waals surface area contributed by atoms with Gasteiger partial charge in [-0.05, 0) is 56.8 Å². The van der Waals surface area contributed by atoms with E-state index in [0.717, 1.165) is 44.3 Å². The average molecular weight is 292 g/mol. The highest BCUT2D eigenvalue weighted by Gasteiger charge is 2.38. The fourth-order valence-corrected chi connectivity index (χ4v) is 3.03. The summed E-state index contributed by atoms with van der Waals surface area (Å²) >= 11 is 0. The highest BCUT2D eigenvalue weighted by atomic mass is 19.1. The van der Waals surface area contributed by atoms with Gasteiger partial charge in [0.25, 0.3) is 0 Å². The van der Waals surface area contributed by atoms with E-state index < -0.39 is 0 Å². The second-order valence-corrected chi connectivity index (χ2v) is 6.12. The second-order valence-electron chi connectivity index (χ2n) is 6.12. The Kier molecular flexibility index (Phi) is 5.34. The van der Waals surface area contributed by atoms with Gasteiger partial charge in [0.2, 0.25) is 5.91 Å². The molecule has 2 N–H and O–H groups in total. The van der Waals surface area contributed by atoms with E-state index in [1.807, 2.05) is 6.92 Å². The van der Waals surface area contributed by atoms with Gasteiger partial charge in [0.15, 0.2) is 0 Å². The van der Waals surface area contributed by atoms with Gasteiger partial charge in [0.1, 0.15) is 5.82 Å². The minimum absolute atomic E-state index is 0.0494. The van der Waals surface area contributed by atoms with Crippen LogP contribution in [0.2, 0.25) is 0 Å². The van der Waals surface area contributed by atoms with Gasteiger partial charge in [-0.1, -0.05) is 19.1 Å². The molecule has 0 aromatic heterocycles. The topological polar surface area (TPSA) is 41.1 Å². The molecule has 21 heavy (non-hydrogen) atoms. The first-order valence-corrected chi connectivity index (χ1v) is 7.82. The number of benzene rings is 1. The molecule has 116 valence electrons. The first-order valence-electron chi connectivity index (χ1n) is 7.82. The van der Waals surface area contributed by atoms with Crippen molar-refractivity contribution in [3.05, 3.63) is 35.6 Å². The third-order valence-electron chi connectivity index (χ3n) is 4.46. The number of amides is 1. The van der Waals surface area contributed by atoms with E-state index in [4.69, 9.17) is 0 Å². The van der Waals surface area contributed by atoms with Crippen LogP contribution in [0.15, 0.2) is 24.3 Å². The summed E-state index contributed by atoms with van der Waals surface area (Å²) in [6.45, 7) is 5.84. The smallest absolute Gasteiger partial charge is 0.227 e. The summed E-state index contributed by atoms with van der Waals surface area (Å²) in [6, 6.07) is 6.52. The lowest BCUT2D eigenvalue weighted by atomic mass is 9.77. The van der Waals surface area contributed by atoms with Gasteiger partial charge in [0.05, 0.1) is 5.41 Å². The van der Waals surface area contributed by atoms with Crippen LogP contribution >= 0.6 is 0 Å². The molecule has 1 amide bonds. The molecular formula is C17H25FN2O. The van der Waals surface area contributed by atoms with Crippen molar-refractivity contribution >= 4 is 5.91 Å². The fourth-order valence-electron chi connectivity index (χ4n) is 3.03. The minimum atomic E-state index is -0.269. The van der Waals surface area contributed by atoms with Crippen LogP contribution in [0.1, 0.15) is 38.7 Å². The van der Waals surface area contributed by atoms with Crippen LogP contribution in [0, 0.1) is 11.2 Å². The summed E-state index contributed by atoms with van der Waals surface area (Å²) in [5, 5.41) is 6.47. The van der Waals surface area contributed by atoms with E-state index in [1.165, 1.54) is 12.1 Å². The predicted octanol–water partition coefficient (Wildman–Crippen LogP) is 2.65. The van der Waals surface area contributed by atoms with Crippen molar-refractivity contribution in [3.8, 4) is 0 Å². The van der Waals surface area contributed by atoms with E-state index in [9.17, 15) is 9.18 Å². The summed E-state index contributed by atoms with van der Waals surface area (Å²) in [5.41, 5.74) is 0.770. The maximum atomic E-state index is 12.9. The Morgan fingerprint density at radius 2 is 2.14 bits per heavy atom. The van der Waals surface area contributed by atoms with Gasteiger partial charge in [-0.15, -0.1) is 0 Å². The third-order valence-corrected chi connectivity index (χ3v) is 4.46. The van der Waals surface area contributed by atoms with Crippen LogP contribution in [-0.4, -0.2) is 25.0 Å². The molecular weight excluding hydrogens is 267 g/mol. The van der Waals surface area contributed by atoms with E-state index in [-0.39, 0.29) is 23.2 Å². The fraction of sp³-hybridized carbons (Fsp3) is 0.588. The molecule has 0 spiro atoms. The second kappa shape index (κ2) is 7.03. The Morgan fingerprint density at radius 3 is 2.71 bits per heavy atom. The van der Waals surface area contributed by atoms with Crippen LogP contribution in [-0.2, 0) is 11.2 Å². The Morgan fingerprint density at radius 1 is 1.43 bits per heavy atom. The molecule has 1 fully saturated rings. The Bertz CT molecular complexity index is 466. The number of hydrogen-bond acceptors (Lipinski definition) is 2. The number of carbonyl (C=O) groups excluding carboxylic acids is 1. The van der Waals surface area contributed by atoms with E-state index >= 15 is 0 Å². The first kappa shape index (κ1) is 16.0. The van der Waals surface area contributed by atoms with Crippen molar-refractivity contribution in [2.45, 2.75) is 45.6 Å². The molecule has 2 rings (SSSR count). The monoisotopic (exact) mass is 292 g/mol. The van der Waals surface area contributed by atoms with Crippen molar-refractivity contribution in [2.75, 3.05) is 13.1 Å². The molecule has 1 aliphatic rings. The highest BCUT2D eigenvalue weighted by molar-refractivity contribution is 5.83. The van der Waals surface area contributed by atoms with Gasteiger partial charge < -0.3 is 10.6 Å². The van der Waals surface area contributed by atoms with E-state index in [1.54, 1.807) is 12.1 Å². The molecule has 3 nitrogen and oxygen atoms in total. The van der Waals surface area contributed by atoms with Crippen molar-refractivity contribution < 1.29 is 9.18 Å². The molecule has 1 aromatic rings. The lowest BCUT2D eigenvalue weighted by Gasteiger charge is -2.36. The summed E-state index contributed by atoms with van der Waals surface area (Å²) in [4.78, 5) is 12.6. The Labute approximate surface area is 126 Å². The number of hydrogen-bond donors (Lipinski definition) is 2. The van der Waals surface area contributed by atoms with Crippen molar-refractivity contribution in [1.29, 1.82) is 0 Å². The normalized spacial score (nSPS) is 23.6. The third kappa shape index (κ3) is 4.03.